The summed E-state index contributed by atoms with van der Waals surface area (Å²) in [6, 6.07) is 3.58. The summed E-state index contributed by atoms with van der Waals surface area (Å²) in [6.07, 6.45) is 0.290. The highest BCUT2D eigenvalue weighted by Gasteiger charge is 2.69. The van der Waals surface area contributed by atoms with Crippen LogP contribution in [0.4, 0.5) is 11.4 Å². The molecule has 2 fully saturated rings. The van der Waals surface area contributed by atoms with Gasteiger partial charge >= 0.3 is 5.97 Å². The maximum absolute atomic E-state index is 12.5. The Balaban J connectivity index is 1.73. The molecule has 0 unspecified atom stereocenters. The van der Waals surface area contributed by atoms with Crippen molar-refractivity contribution in [3.8, 4) is 11.5 Å². The fraction of sp³-hybridized carbons (Fsp3) is 0.619. The van der Waals surface area contributed by atoms with Gasteiger partial charge in [-0.2, -0.15) is 0 Å². The third kappa shape index (κ3) is 5.30. The van der Waals surface area contributed by atoms with Crippen LogP contribution in [0.1, 0.15) is 27.2 Å². The van der Waals surface area contributed by atoms with Gasteiger partial charge in [0.1, 0.15) is 21.2 Å². The maximum atomic E-state index is 12.5. The lowest BCUT2D eigenvalue weighted by Crippen LogP contribution is -2.36. The third-order valence-corrected chi connectivity index (χ3v) is 6.43. The molecule has 1 saturated heterocycles. The van der Waals surface area contributed by atoms with Crippen molar-refractivity contribution >= 4 is 46.5 Å². The summed E-state index contributed by atoms with van der Waals surface area (Å²) in [4.78, 5) is 26.8. The molecule has 1 aliphatic carbocycles. The van der Waals surface area contributed by atoms with Crippen molar-refractivity contribution in [3.05, 3.63) is 12.1 Å². The van der Waals surface area contributed by atoms with Crippen LogP contribution in [-0.2, 0) is 19.1 Å². The smallest absolute Gasteiger partial charge is 0.315 e. The zero-order valence-corrected chi connectivity index (χ0v) is 19.5. The molecular weight excluding hydrogens is 447 g/mol. The van der Waals surface area contributed by atoms with Gasteiger partial charge < -0.3 is 29.2 Å². The second kappa shape index (κ2) is 9.71. The molecule has 10 heteroatoms. The van der Waals surface area contributed by atoms with Crippen molar-refractivity contribution in [3.63, 3.8) is 0 Å². The number of alkyl halides is 2. The van der Waals surface area contributed by atoms with Crippen LogP contribution in [0.25, 0.3) is 0 Å². The highest BCUT2D eigenvalue weighted by molar-refractivity contribution is 6.53. The average Bonchev–Trinajstić information content (AvgIpc) is 3.27. The van der Waals surface area contributed by atoms with Crippen LogP contribution in [-0.4, -0.2) is 62.3 Å². The monoisotopic (exact) mass is 474 g/mol. The number of halogens is 2. The quantitative estimate of drug-likeness (QED) is 0.433. The molecule has 0 spiro atoms. The first-order chi connectivity index (χ1) is 14.7. The van der Waals surface area contributed by atoms with Gasteiger partial charge in [0, 0.05) is 31.6 Å². The summed E-state index contributed by atoms with van der Waals surface area (Å²) in [5, 5.41) is 2.74. The number of hydrogen-bond donors (Lipinski definition) is 1. The SMILES string of the molecule is CCOc1cc(N2CCOCC2)c(OCC)cc1NC(=O)COC(=O)[C@]1(C)CC1(Cl)Cl. The molecule has 0 aromatic heterocycles. The molecule has 1 amide bonds. The van der Waals surface area contributed by atoms with Crippen molar-refractivity contribution in [2.45, 2.75) is 31.5 Å². The molecular formula is C21H28Cl2N2O6. The molecule has 172 valence electrons. The van der Waals surface area contributed by atoms with Crippen LogP contribution in [0.3, 0.4) is 0 Å². The number of esters is 1. The number of carbonyl (C=O) groups is 2. The molecule has 8 nitrogen and oxygen atoms in total. The molecule has 1 saturated carbocycles. The number of nitrogens with zero attached hydrogens (tertiary/aromatic N) is 1. The summed E-state index contributed by atoms with van der Waals surface area (Å²) in [7, 11) is 0. The predicted molar refractivity (Wildman–Crippen MR) is 119 cm³/mol. The minimum absolute atomic E-state index is 0.290. The zero-order chi connectivity index (χ0) is 22.6. The average molecular weight is 475 g/mol. The van der Waals surface area contributed by atoms with E-state index in [1.807, 2.05) is 19.9 Å². The Morgan fingerprint density at radius 2 is 1.74 bits per heavy atom. The van der Waals surface area contributed by atoms with Crippen LogP contribution < -0.4 is 19.7 Å². The fourth-order valence-corrected chi connectivity index (χ4v) is 4.03. The van der Waals surface area contributed by atoms with Gasteiger partial charge in [-0.05, 0) is 20.8 Å². The lowest BCUT2D eigenvalue weighted by molar-refractivity contribution is -0.152. The number of rotatable bonds is 9. The van der Waals surface area contributed by atoms with E-state index in [4.69, 9.17) is 42.1 Å². The standard InChI is InChI=1S/C21H28Cl2N2O6/c1-4-29-16-11-15(25-6-8-28-9-7-25)17(30-5-2)10-14(16)24-18(26)12-31-19(27)20(3)13-21(20,22)23/h10-11H,4-9,12-13H2,1-3H3,(H,24,26)/t20-/m0/s1. The van der Waals surface area contributed by atoms with Crippen LogP contribution in [0.2, 0.25) is 0 Å². The summed E-state index contributed by atoms with van der Waals surface area (Å²) in [6.45, 7) is 8.51. The highest BCUT2D eigenvalue weighted by Crippen LogP contribution is 2.64. The van der Waals surface area contributed by atoms with Gasteiger partial charge in [0.15, 0.2) is 6.61 Å². The van der Waals surface area contributed by atoms with Gasteiger partial charge in [-0.15, -0.1) is 23.2 Å². The van der Waals surface area contributed by atoms with E-state index in [1.165, 1.54) is 0 Å². The number of ether oxygens (including phenoxy) is 4. The van der Waals surface area contributed by atoms with Gasteiger partial charge in [-0.25, -0.2) is 0 Å². The van der Waals surface area contributed by atoms with E-state index in [9.17, 15) is 9.59 Å². The Hall–Kier alpha value is -1.90. The molecule has 1 aromatic rings. The first-order valence-electron chi connectivity index (χ1n) is 10.3. The summed E-state index contributed by atoms with van der Waals surface area (Å²) >= 11 is 12.0. The second-order valence-electron chi connectivity index (χ2n) is 7.62. The lowest BCUT2D eigenvalue weighted by Gasteiger charge is -2.31. The largest absolute Gasteiger partial charge is 0.492 e. The number of amides is 1. The van der Waals surface area contributed by atoms with Gasteiger partial charge in [0.2, 0.25) is 0 Å². The summed E-state index contributed by atoms with van der Waals surface area (Å²) in [5.41, 5.74) is 0.319. The van der Waals surface area contributed by atoms with Crippen LogP contribution >= 0.6 is 23.2 Å². The van der Waals surface area contributed by atoms with E-state index in [2.05, 4.69) is 10.2 Å². The van der Waals surface area contributed by atoms with Gasteiger partial charge in [0.05, 0.1) is 37.8 Å². The minimum atomic E-state index is -1.15. The Labute approximate surface area is 192 Å². The van der Waals surface area contributed by atoms with Crippen LogP contribution in [0, 0.1) is 5.41 Å². The molecule has 3 rings (SSSR count). The van der Waals surface area contributed by atoms with Crippen LogP contribution in [0.15, 0.2) is 12.1 Å². The highest BCUT2D eigenvalue weighted by atomic mass is 35.5. The van der Waals surface area contributed by atoms with E-state index in [0.717, 1.165) is 18.8 Å². The summed E-state index contributed by atoms with van der Waals surface area (Å²) in [5.74, 6) is 0.0201. The lowest BCUT2D eigenvalue weighted by atomic mass is 10.1. The number of hydrogen-bond acceptors (Lipinski definition) is 7. The minimum Gasteiger partial charge on any atom is -0.492 e. The van der Waals surface area contributed by atoms with Crippen molar-refractivity contribution in [2.75, 3.05) is 56.3 Å². The van der Waals surface area contributed by atoms with Crippen molar-refractivity contribution in [1.29, 1.82) is 0 Å². The van der Waals surface area contributed by atoms with E-state index in [0.29, 0.717) is 50.0 Å². The molecule has 1 aromatic carbocycles. The molecule has 2 aliphatic rings. The van der Waals surface area contributed by atoms with E-state index in [-0.39, 0.29) is 0 Å². The number of carbonyl (C=O) groups excluding carboxylic acids is 2. The molecule has 1 N–H and O–H groups in total. The first-order valence-corrected chi connectivity index (χ1v) is 11.1. The van der Waals surface area contributed by atoms with Gasteiger partial charge in [-0.3, -0.25) is 9.59 Å². The number of benzene rings is 1. The maximum Gasteiger partial charge on any atom is 0.315 e. The van der Waals surface area contributed by atoms with Gasteiger partial charge in [0.25, 0.3) is 5.91 Å². The third-order valence-electron chi connectivity index (χ3n) is 5.33. The Bertz CT molecular complexity index is 828. The predicted octanol–water partition coefficient (Wildman–Crippen LogP) is 3.39. The summed E-state index contributed by atoms with van der Waals surface area (Å²) < 4.78 is 21.0. The molecule has 1 aliphatic heterocycles. The Morgan fingerprint density at radius 1 is 1.13 bits per heavy atom. The normalized spacial score (nSPS) is 21.9. The van der Waals surface area contributed by atoms with Crippen molar-refractivity contribution in [1.82, 2.24) is 0 Å². The van der Waals surface area contributed by atoms with Crippen LogP contribution in [0.5, 0.6) is 11.5 Å². The molecule has 0 radical (unpaired) electrons. The number of anilines is 2. The first kappa shape index (κ1) is 23.8. The number of morpholine rings is 1. The van der Waals surface area contributed by atoms with E-state index < -0.39 is 28.2 Å². The zero-order valence-electron chi connectivity index (χ0n) is 18.0. The molecule has 31 heavy (non-hydrogen) atoms. The Kier molecular flexibility index (Phi) is 7.44. The Morgan fingerprint density at radius 3 is 2.32 bits per heavy atom. The molecule has 1 heterocycles. The van der Waals surface area contributed by atoms with Gasteiger partial charge in [-0.1, -0.05) is 0 Å². The van der Waals surface area contributed by atoms with E-state index >= 15 is 0 Å². The molecule has 0 bridgehead atoms. The number of nitrogens with one attached hydrogen (secondary N) is 1. The van der Waals surface area contributed by atoms with Crippen molar-refractivity contribution in [2.24, 2.45) is 5.41 Å². The van der Waals surface area contributed by atoms with Crippen molar-refractivity contribution < 1.29 is 28.5 Å². The fourth-order valence-electron chi connectivity index (χ4n) is 3.34. The van der Waals surface area contributed by atoms with E-state index in [1.54, 1.807) is 13.0 Å². The molecule has 1 atom stereocenters. The topological polar surface area (TPSA) is 86.3 Å². The second-order valence-corrected chi connectivity index (χ2v) is 9.10.